The third kappa shape index (κ3) is 4.34. The summed E-state index contributed by atoms with van der Waals surface area (Å²) in [5.41, 5.74) is 2.48. The topological polar surface area (TPSA) is 35.6 Å². The van der Waals surface area contributed by atoms with E-state index in [9.17, 15) is 4.79 Å². The summed E-state index contributed by atoms with van der Waals surface area (Å²) in [6.45, 7) is 8.31. The highest BCUT2D eigenvalue weighted by Crippen LogP contribution is 2.20. The molecule has 4 nitrogen and oxygen atoms in total. The first kappa shape index (κ1) is 16.9. The number of benzene rings is 1. The van der Waals surface area contributed by atoms with Gasteiger partial charge in [0, 0.05) is 56.2 Å². The summed E-state index contributed by atoms with van der Waals surface area (Å²) in [5.74, 6) is 0.309. The molecule has 2 heterocycles. The van der Waals surface area contributed by atoms with E-state index in [1.165, 1.54) is 11.1 Å². The summed E-state index contributed by atoms with van der Waals surface area (Å²) in [4.78, 5) is 17.1. The number of aryl methyl sites for hydroxylation is 2. The Morgan fingerprint density at radius 3 is 2.83 bits per heavy atom. The molecular formula is C18H26BrN3O. The lowest BCUT2D eigenvalue weighted by molar-refractivity contribution is -0.130. The van der Waals surface area contributed by atoms with Gasteiger partial charge in [-0.05, 0) is 37.0 Å². The molecule has 2 fully saturated rings. The van der Waals surface area contributed by atoms with E-state index in [4.69, 9.17) is 0 Å². The molecule has 5 heteroatoms. The monoisotopic (exact) mass is 379 g/mol. The van der Waals surface area contributed by atoms with Crippen molar-refractivity contribution in [3.05, 3.63) is 33.8 Å². The van der Waals surface area contributed by atoms with Crippen molar-refractivity contribution < 1.29 is 4.79 Å². The van der Waals surface area contributed by atoms with Crippen LogP contribution in [0.5, 0.6) is 0 Å². The highest BCUT2D eigenvalue weighted by atomic mass is 79.9. The third-order valence-electron chi connectivity index (χ3n) is 5.03. The summed E-state index contributed by atoms with van der Waals surface area (Å²) in [6, 6.07) is 6.92. The number of hydrogen-bond donors (Lipinski definition) is 1. The van der Waals surface area contributed by atoms with Gasteiger partial charge in [0.05, 0.1) is 0 Å². The first-order valence-electron chi connectivity index (χ1n) is 8.61. The number of nitrogens with zero attached hydrogens (tertiary/aromatic N) is 2. The van der Waals surface area contributed by atoms with Gasteiger partial charge in [0.15, 0.2) is 0 Å². The first-order chi connectivity index (χ1) is 11.1. The molecule has 126 valence electrons. The van der Waals surface area contributed by atoms with E-state index in [-0.39, 0.29) is 0 Å². The molecular weight excluding hydrogens is 354 g/mol. The van der Waals surface area contributed by atoms with Crippen molar-refractivity contribution in [3.8, 4) is 0 Å². The predicted molar refractivity (Wildman–Crippen MR) is 96.6 cm³/mol. The van der Waals surface area contributed by atoms with Crippen LogP contribution in [0.3, 0.4) is 0 Å². The highest BCUT2D eigenvalue weighted by molar-refractivity contribution is 9.10. The summed E-state index contributed by atoms with van der Waals surface area (Å²) in [6.07, 6.45) is 2.58. The second-order valence-corrected chi connectivity index (χ2v) is 7.51. The number of hydrogen-bond acceptors (Lipinski definition) is 3. The second kappa shape index (κ2) is 7.77. The zero-order chi connectivity index (χ0) is 16.2. The standard InChI is InChI=1S/C18H26BrN3O/c1-14-12-15(2-4-17(14)19)3-5-18(23)22-9-6-16(13-22)21-10-7-20-8-11-21/h2,4,12,16,20H,3,5-11,13H2,1H3. The van der Waals surface area contributed by atoms with Gasteiger partial charge in [-0.3, -0.25) is 9.69 Å². The Balaban J connectivity index is 1.48. The van der Waals surface area contributed by atoms with Crippen LogP contribution in [-0.4, -0.2) is 61.0 Å². The molecule has 1 amide bonds. The van der Waals surface area contributed by atoms with Gasteiger partial charge in [-0.2, -0.15) is 0 Å². The Bertz CT molecular complexity index is 557. The molecule has 0 aliphatic carbocycles. The number of nitrogens with one attached hydrogen (secondary N) is 1. The van der Waals surface area contributed by atoms with Crippen molar-refractivity contribution in [2.45, 2.75) is 32.2 Å². The number of carbonyl (C=O) groups is 1. The minimum atomic E-state index is 0.309. The van der Waals surface area contributed by atoms with E-state index >= 15 is 0 Å². The molecule has 2 saturated heterocycles. The fourth-order valence-corrected chi connectivity index (χ4v) is 3.83. The number of likely N-dealkylation sites (tertiary alicyclic amines) is 1. The van der Waals surface area contributed by atoms with Crippen molar-refractivity contribution >= 4 is 21.8 Å². The zero-order valence-electron chi connectivity index (χ0n) is 13.9. The minimum absolute atomic E-state index is 0.309. The number of amides is 1. The maximum atomic E-state index is 12.5. The van der Waals surface area contributed by atoms with E-state index in [2.05, 4.69) is 56.2 Å². The highest BCUT2D eigenvalue weighted by Gasteiger charge is 2.30. The molecule has 23 heavy (non-hydrogen) atoms. The maximum absolute atomic E-state index is 12.5. The minimum Gasteiger partial charge on any atom is -0.341 e. The van der Waals surface area contributed by atoms with Gasteiger partial charge in [-0.1, -0.05) is 28.1 Å². The fraction of sp³-hybridized carbons (Fsp3) is 0.611. The van der Waals surface area contributed by atoms with Crippen LogP contribution in [0.1, 0.15) is 24.0 Å². The van der Waals surface area contributed by atoms with Gasteiger partial charge in [0.25, 0.3) is 0 Å². The number of rotatable bonds is 4. The van der Waals surface area contributed by atoms with Gasteiger partial charge < -0.3 is 10.2 Å². The van der Waals surface area contributed by atoms with Gasteiger partial charge in [-0.15, -0.1) is 0 Å². The van der Waals surface area contributed by atoms with E-state index < -0.39 is 0 Å². The molecule has 2 aliphatic heterocycles. The molecule has 1 aromatic carbocycles. The Kier molecular flexibility index (Phi) is 5.72. The number of halogens is 1. The van der Waals surface area contributed by atoms with E-state index in [0.29, 0.717) is 18.4 Å². The van der Waals surface area contributed by atoms with E-state index in [0.717, 1.165) is 56.6 Å². The molecule has 1 atom stereocenters. The molecule has 1 aromatic rings. The summed E-state index contributed by atoms with van der Waals surface area (Å²) in [5, 5.41) is 3.39. The smallest absolute Gasteiger partial charge is 0.222 e. The second-order valence-electron chi connectivity index (χ2n) is 6.65. The molecule has 3 rings (SSSR count). The van der Waals surface area contributed by atoms with Crippen LogP contribution >= 0.6 is 15.9 Å². The fourth-order valence-electron chi connectivity index (χ4n) is 3.59. The summed E-state index contributed by atoms with van der Waals surface area (Å²) in [7, 11) is 0. The van der Waals surface area contributed by atoms with Crippen LogP contribution in [0.2, 0.25) is 0 Å². The van der Waals surface area contributed by atoms with Crippen molar-refractivity contribution in [1.29, 1.82) is 0 Å². The molecule has 1 unspecified atom stereocenters. The van der Waals surface area contributed by atoms with Crippen LogP contribution in [0.4, 0.5) is 0 Å². The molecule has 0 aromatic heterocycles. The van der Waals surface area contributed by atoms with Crippen LogP contribution < -0.4 is 5.32 Å². The molecule has 0 bridgehead atoms. The van der Waals surface area contributed by atoms with Crippen LogP contribution in [0, 0.1) is 6.92 Å². The summed E-state index contributed by atoms with van der Waals surface area (Å²) < 4.78 is 1.13. The average molecular weight is 380 g/mol. The molecule has 1 N–H and O–H groups in total. The Morgan fingerprint density at radius 2 is 2.09 bits per heavy atom. The van der Waals surface area contributed by atoms with E-state index in [1.54, 1.807) is 0 Å². The van der Waals surface area contributed by atoms with Crippen LogP contribution in [0.25, 0.3) is 0 Å². The maximum Gasteiger partial charge on any atom is 0.222 e. The van der Waals surface area contributed by atoms with Crippen molar-refractivity contribution in [1.82, 2.24) is 15.1 Å². The molecule has 0 saturated carbocycles. The van der Waals surface area contributed by atoms with Crippen LogP contribution in [0.15, 0.2) is 22.7 Å². The summed E-state index contributed by atoms with van der Waals surface area (Å²) >= 11 is 3.52. The Hall–Kier alpha value is -0.910. The average Bonchev–Trinajstić information content (AvgIpc) is 3.06. The quantitative estimate of drug-likeness (QED) is 0.870. The zero-order valence-corrected chi connectivity index (χ0v) is 15.4. The molecule has 0 spiro atoms. The van der Waals surface area contributed by atoms with Gasteiger partial charge in [-0.25, -0.2) is 0 Å². The molecule has 0 radical (unpaired) electrons. The lowest BCUT2D eigenvalue weighted by Gasteiger charge is -2.32. The normalized spacial score (nSPS) is 22.5. The van der Waals surface area contributed by atoms with Crippen molar-refractivity contribution in [2.75, 3.05) is 39.3 Å². The van der Waals surface area contributed by atoms with Gasteiger partial charge >= 0.3 is 0 Å². The van der Waals surface area contributed by atoms with Gasteiger partial charge in [0.1, 0.15) is 0 Å². The number of piperazine rings is 1. The largest absolute Gasteiger partial charge is 0.341 e. The van der Waals surface area contributed by atoms with Crippen molar-refractivity contribution in [2.24, 2.45) is 0 Å². The van der Waals surface area contributed by atoms with Crippen LogP contribution in [-0.2, 0) is 11.2 Å². The van der Waals surface area contributed by atoms with E-state index in [1.807, 2.05) is 0 Å². The Labute approximate surface area is 147 Å². The number of carbonyl (C=O) groups excluding carboxylic acids is 1. The SMILES string of the molecule is Cc1cc(CCC(=O)N2CCC(N3CCNCC3)C2)ccc1Br. The lowest BCUT2D eigenvalue weighted by atomic mass is 10.1. The van der Waals surface area contributed by atoms with Crippen molar-refractivity contribution in [3.63, 3.8) is 0 Å². The predicted octanol–water partition coefficient (Wildman–Crippen LogP) is 2.20. The van der Waals surface area contributed by atoms with Gasteiger partial charge in [0.2, 0.25) is 5.91 Å². The lowest BCUT2D eigenvalue weighted by Crippen LogP contribution is -2.49. The third-order valence-corrected chi connectivity index (χ3v) is 5.92. The Morgan fingerprint density at radius 1 is 1.30 bits per heavy atom. The molecule has 2 aliphatic rings. The first-order valence-corrected chi connectivity index (χ1v) is 9.40.